The fourth-order valence-electron chi connectivity index (χ4n) is 3.59. The highest BCUT2D eigenvalue weighted by Gasteiger charge is 2.45. The van der Waals surface area contributed by atoms with Gasteiger partial charge >= 0.3 is 0 Å². The largest absolute Gasteiger partial charge is 0.486 e. The third kappa shape index (κ3) is 2.17. The first-order valence-electron chi connectivity index (χ1n) is 7.94. The third-order valence-corrected chi connectivity index (χ3v) is 4.92. The molecule has 4 heteroatoms. The van der Waals surface area contributed by atoms with Gasteiger partial charge in [0.05, 0.1) is 6.04 Å². The van der Waals surface area contributed by atoms with Gasteiger partial charge in [0, 0.05) is 18.0 Å². The number of nitrogens with zero attached hydrogens (tertiary/aromatic N) is 1. The van der Waals surface area contributed by atoms with Crippen LogP contribution in [0.3, 0.4) is 0 Å². The summed E-state index contributed by atoms with van der Waals surface area (Å²) in [6.45, 7) is 4.22. The molecule has 3 aliphatic rings. The zero-order valence-electron chi connectivity index (χ0n) is 12.4. The number of hydrogen-bond donors (Lipinski definition) is 0. The molecule has 0 aromatic heterocycles. The van der Waals surface area contributed by atoms with Gasteiger partial charge in [-0.25, -0.2) is 0 Å². The van der Waals surface area contributed by atoms with Crippen LogP contribution in [0.1, 0.15) is 37.8 Å². The van der Waals surface area contributed by atoms with Gasteiger partial charge in [0.1, 0.15) is 13.2 Å². The summed E-state index contributed by atoms with van der Waals surface area (Å²) < 4.78 is 11.5. The van der Waals surface area contributed by atoms with Crippen molar-refractivity contribution in [1.82, 2.24) is 4.90 Å². The number of carbonyl (C=O) groups excluding carboxylic acids is 1. The van der Waals surface area contributed by atoms with E-state index in [-0.39, 0.29) is 12.0 Å². The minimum absolute atomic E-state index is 0.155. The lowest BCUT2D eigenvalue weighted by molar-refractivity contribution is -0.133. The summed E-state index contributed by atoms with van der Waals surface area (Å²) >= 11 is 0. The molecule has 1 amide bonds. The Bertz CT molecular complexity index is 571. The van der Waals surface area contributed by atoms with Gasteiger partial charge in [-0.1, -0.05) is 19.1 Å². The molecule has 1 aromatic carbocycles. The minimum Gasteiger partial charge on any atom is -0.486 e. The summed E-state index contributed by atoms with van der Waals surface area (Å²) in [7, 11) is 0. The second kappa shape index (κ2) is 4.93. The molecule has 3 unspecified atom stereocenters. The van der Waals surface area contributed by atoms with Crippen LogP contribution in [0.4, 0.5) is 0 Å². The van der Waals surface area contributed by atoms with E-state index in [0.29, 0.717) is 25.0 Å². The fraction of sp³-hybridized carbons (Fsp3) is 0.588. The lowest BCUT2D eigenvalue weighted by atomic mass is 10.0. The van der Waals surface area contributed by atoms with Crippen molar-refractivity contribution in [2.45, 2.75) is 32.2 Å². The second-order valence-corrected chi connectivity index (χ2v) is 6.38. The van der Waals surface area contributed by atoms with Crippen molar-refractivity contribution in [3.63, 3.8) is 0 Å². The van der Waals surface area contributed by atoms with Gasteiger partial charge in [0.2, 0.25) is 5.91 Å². The van der Waals surface area contributed by atoms with E-state index in [4.69, 9.17) is 9.47 Å². The number of rotatable bonds is 2. The predicted molar refractivity (Wildman–Crippen MR) is 78.4 cm³/mol. The van der Waals surface area contributed by atoms with Gasteiger partial charge in [0.25, 0.3) is 0 Å². The number of likely N-dealkylation sites (tertiary alicyclic amines) is 1. The molecule has 1 aliphatic carbocycles. The lowest BCUT2D eigenvalue weighted by Crippen LogP contribution is -2.32. The van der Waals surface area contributed by atoms with Crippen LogP contribution in [0.5, 0.6) is 11.5 Å². The normalized spacial score (nSPS) is 30.3. The minimum atomic E-state index is 0.155. The first-order valence-corrected chi connectivity index (χ1v) is 7.94. The Morgan fingerprint density at radius 3 is 2.90 bits per heavy atom. The molecule has 112 valence electrons. The van der Waals surface area contributed by atoms with Crippen molar-refractivity contribution < 1.29 is 14.3 Å². The molecule has 1 saturated carbocycles. The Kier molecular flexibility index (Phi) is 3.05. The Labute approximate surface area is 125 Å². The summed E-state index contributed by atoms with van der Waals surface area (Å²) in [4.78, 5) is 14.7. The molecular weight excluding hydrogens is 266 g/mol. The van der Waals surface area contributed by atoms with Crippen LogP contribution in [0, 0.1) is 11.8 Å². The van der Waals surface area contributed by atoms with E-state index in [2.05, 4.69) is 17.9 Å². The van der Waals surface area contributed by atoms with Crippen molar-refractivity contribution in [2.24, 2.45) is 11.8 Å². The predicted octanol–water partition coefficient (Wildman–Crippen LogP) is 2.78. The van der Waals surface area contributed by atoms with Crippen LogP contribution in [-0.2, 0) is 4.79 Å². The van der Waals surface area contributed by atoms with E-state index in [0.717, 1.165) is 42.9 Å². The monoisotopic (exact) mass is 287 g/mol. The molecular formula is C17H21NO3. The Hall–Kier alpha value is -1.71. The van der Waals surface area contributed by atoms with E-state index < -0.39 is 0 Å². The number of hydrogen-bond acceptors (Lipinski definition) is 3. The van der Waals surface area contributed by atoms with Gasteiger partial charge in [-0.15, -0.1) is 0 Å². The highest BCUT2D eigenvalue weighted by Crippen LogP contribution is 2.46. The van der Waals surface area contributed by atoms with E-state index in [9.17, 15) is 4.79 Å². The maximum absolute atomic E-state index is 12.6. The van der Waals surface area contributed by atoms with Crippen molar-refractivity contribution in [2.75, 3.05) is 19.8 Å². The first-order chi connectivity index (χ1) is 10.3. The molecule has 0 N–H and O–H groups in total. The molecule has 21 heavy (non-hydrogen) atoms. The van der Waals surface area contributed by atoms with E-state index >= 15 is 0 Å². The van der Waals surface area contributed by atoms with Crippen LogP contribution in [0.15, 0.2) is 18.2 Å². The van der Waals surface area contributed by atoms with Crippen LogP contribution in [-0.4, -0.2) is 30.6 Å². The molecule has 0 radical (unpaired) electrons. The van der Waals surface area contributed by atoms with Crippen LogP contribution < -0.4 is 9.47 Å². The zero-order chi connectivity index (χ0) is 14.4. The maximum atomic E-state index is 12.6. The second-order valence-electron chi connectivity index (χ2n) is 6.38. The summed E-state index contributed by atoms with van der Waals surface area (Å²) in [5, 5.41) is 0. The van der Waals surface area contributed by atoms with Crippen LogP contribution in [0.25, 0.3) is 0 Å². The maximum Gasteiger partial charge on any atom is 0.226 e. The standard InChI is InChI=1S/C17H21NO3/c1-11-10-13(11)17(19)18-7-3-5-14(18)12-4-2-6-15-16(12)21-9-8-20-15/h2,4,6,11,13-14H,3,5,7-10H2,1H3. The van der Waals surface area contributed by atoms with Gasteiger partial charge in [-0.2, -0.15) is 0 Å². The molecule has 1 saturated heterocycles. The molecule has 4 nitrogen and oxygen atoms in total. The summed E-state index contributed by atoms with van der Waals surface area (Å²) in [6, 6.07) is 6.19. The highest BCUT2D eigenvalue weighted by molar-refractivity contribution is 5.82. The molecule has 2 aliphatic heterocycles. The molecule has 1 aromatic rings. The molecule has 4 rings (SSSR count). The quantitative estimate of drug-likeness (QED) is 0.839. The molecule has 2 fully saturated rings. The smallest absolute Gasteiger partial charge is 0.226 e. The fourth-order valence-corrected chi connectivity index (χ4v) is 3.59. The number of ether oxygens (including phenoxy) is 2. The van der Waals surface area contributed by atoms with Crippen molar-refractivity contribution in [3.8, 4) is 11.5 Å². The van der Waals surface area contributed by atoms with E-state index in [1.165, 1.54) is 0 Å². The third-order valence-electron chi connectivity index (χ3n) is 4.92. The molecule has 0 bridgehead atoms. The molecule has 2 heterocycles. The number of benzene rings is 1. The highest BCUT2D eigenvalue weighted by atomic mass is 16.6. The lowest BCUT2D eigenvalue weighted by Gasteiger charge is -2.29. The van der Waals surface area contributed by atoms with Crippen molar-refractivity contribution in [3.05, 3.63) is 23.8 Å². The van der Waals surface area contributed by atoms with Crippen LogP contribution >= 0.6 is 0 Å². The Balaban J connectivity index is 1.64. The van der Waals surface area contributed by atoms with Crippen molar-refractivity contribution >= 4 is 5.91 Å². The van der Waals surface area contributed by atoms with Gasteiger partial charge in [0.15, 0.2) is 11.5 Å². The topological polar surface area (TPSA) is 38.8 Å². The first kappa shape index (κ1) is 13.0. The van der Waals surface area contributed by atoms with Crippen molar-refractivity contribution in [1.29, 1.82) is 0 Å². The average molecular weight is 287 g/mol. The molecule has 0 spiro atoms. The summed E-state index contributed by atoms with van der Waals surface area (Å²) in [6.07, 6.45) is 3.14. The van der Waals surface area contributed by atoms with Gasteiger partial charge in [-0.3, -0.25) is 4.79 Å². The van der Waals surface area contributed by atoms with Gasteiger partial charge in [-0.05, 0) is 31.2 Å². The SMILES string of the molecule is CC1CC1C(=O)N1CCCC1c1cccc2c1OCCO2. The Morgan fingerprint density at radius 2 is 2.10 bits per heavy atom. The number of para-hydroxylation sites is 1. The zero-order valence-corrected chi connectivity index (χ0v) is 12.4. The van der Waals surface area contributed by atoms with E-state index in [1.807, 2.05) is 12.1 Å². The number of fused-ring (bicyclic) bond motifs is 1. The van der Waals surface area contributed by atoms with Gasteiger partial charge < -0.3 is 14.4 Å². The summed E-state index contributed by atoms with van der Waals surface area (Å²) in [5.74, 6) is 2.81. The van der Waals surface area contributed by atoms with E-state index in [1.54, 1.807) is 0 Å². The summed E-state index contributed by atoms with van der Waals surface area (Å²) in [5.41, 5.74) is 1.12. The van der Waals surface area contributed by atoms with Crippen LogP contribution in [0.2, 0.25) is 0 Å². The number of amides is 1. The molecule has 3 atom stereocenters. The Morgan fingerprint density at radius 1 is 1.29 bits per heavy atom. The average Bonchev–Trinajstić information content (AvgIpc) is 3.06. The number of carbonyl (C=O) groups is 1.